The van der Waals surface area contributed by atoms with Crippen LogP contribution in [-0.4, -0.2) is 6.54 Å². The molecule has 1 nitrogen and oxygen atoms in total. The molecule has 4 heteroatoms. The molecular weight excluding hydrogens is 275 g/mol. The molecule has 21 heavy (non-hydrogen) atoms. The lowest BCUT2D eigenvalue weighted by Crippen LogP contribution is -2.23. The lowest BCUT2D eigenvalue weighted by Gasteiger charge is -2.20. The number of hydrogen-bond acceptors (Lipinski definition) is 1. The van der Waals surface area contributed by atoms with Crippen LogP contribution in [0.3, 0.4) is 0 Å². The van der Waals surface area contributed by atoms with Crippen LogP contribution in [0.2, 0.25) is 0 Å². The molecule has 0 bridgehead atoms. The van der Waals surface area contributed by atoms with Crippen molar-refractivity contribution < 1.29 is 13.2 Å². The number of nitrogens with one attached hydrogen (secondary N) is 1. The number of hydrogen-bond donors (Lipinski definition) is 1. The normalized spacial score (nSPS) is 12.5. The third-order valence-corrected chi connectivity index (χ3v) is 3.53. The van der Waals surface area contributed by atoms with E-state index in [0.29, 0.717) is 17.7 Å². The summed E-state index contributed by atoms with van der Waals surface area (Å²) < 4.78 is 41.7. The van der Waals surface area contributed by atoms with Crippen molar-refractivity contribution in [2.24, 2.45) is 0 Å². The predicted molar refractivity (Wildman–Crippen MR) is 77.8 cm³/mol. The molecule has 0 aliphatic rings. The molecule has 2 rings (SSSR count). The maximum absolute atomic E-state index is 14.2. The van der Waals surface area contributed by atoms with Gasteiger partial charge in [0.1, 0.15) is 17.5 Å². The van der Waals surface area contributed by atoms with E-state index >= 15 is 0 Å². The lowest BCUT2D eigenvalue weighted by molar-refractivity contribution is 0.538. The summed E-state index contributed by atoms with van der Waals surface area (Å²) in [4.78, 5) is 0. The van der Waals surface area contributed by atoms with Crippen LogP contribution >= 0.6 is 0 Å². The van der Waals surface area contributed by atoms with E-state index in [1.807, 2.05) is 6.92 Å². The molecule has 1 unspecified atom stereocenters. The Bertz CT molecular complexity index is 653. The summed E-state index contributed by atoms with van der Waals surface area (Å²) in [5, 5.41) is 3.08. The number of halogens is 3. The van der Waals surface area contributed by atoms with Gasteiger partial charge in [-0.15, -0.1) is 0 Å². The zero-order valence-corrected chi connectivity index (χ0v) is 12.3. The first kappa shape index (κ1) is 15.6. The molecule has 0 saturated carbocycles. The van der Waals surface area contributed by atoms with Crippen LogP contribution in [0.15, 0.2) is 30.3 Å². The first-order valence-corrected chi connectivity index (χ1v) is 6.89. The number of aryl methyl sites for hydroxylation is 2. The van der Waals surface area contributed by atoms with E-state index < -0.39 is 17.7 Å². The standard InChI is InChI=1S/C17H18F3N/c1-4-21-17(12-6-5-10(2)14(18)8-12)13-9-15(19)11(3)7-16(13)20/h5-9,17,21H,4H2,1-3H3. The van der Waals surface area contributed by atoms with Crippen LogP contribution in [-0.2, 0) is 0 Å². The average molecular weight is 293 g/mol. The van der Waals surface area contributed by atoms with E-state index in [2.05, 4.69) is 5.32 Å². The fourth-order valence-electron chi connectivity index (χ4n) is 2.28. The van der Waals surface area contributed by atoms with Crippen molar-refractivity contribution in [2.75, 3.05) is 6.54 Å². The highest BCUT2D eigenvalue weighted by Gasteiger charge is 2.19. The summed E-state index contributed by atoms with van der Waals surface area (Å²) in [6.07, 6.45) is 0. The van der Waals surface area contributed by atoms with Crippen molar-refractivity contribution in [3.8, 4) is 0 Å². The van der Waals surface area contributed by atoms with E-state index in [9.17, 15) is 13.2 Å². The van der Waals surface area contributed by atoms with E-state index in [1.165, 1.54) is 25.1 Å². The molecule has 112 valence electrons. The summed E-state index contributed by atoms with van der Waals surface area (Å²) in [6.45, 7) is 5.58. The van der Waals surface area contributed by atoms with Gasteiger partial charge in [-0.25, -0.2) is 13.2 Å². The zero-order valence-electron chi connectivity index (χ0n) is 12.3. The van der Waals surface area contributed by atoms with Crippen molar-refractivity contribution in [2.45, 2.75) is 26.8 Å². The first-order valence-electron chi connectivity index (χ1n) is 6.89. The summed E-state index contributed by atoms with van der Waals surface area (Å²) in [5.74, 6) is -1.33. The summed E-state index contributed by atoms with van der Waals surface area (Å²) in [6, 6.07) is 6.48. The highest BCUT2D eigenvalue weighted by Crippen LogP contribution is 2.27. The minimum atomic E-state index is -0.583. The van der Waals surface area contributed by atoms with Gasteiger partial charge >= 0.3 is 0 Å². The Kier molecular flexibility index (Phi) is 4.68. The summed E-state index contributed by atoms with van der Waals surface area (Å²) in [5.41, 5.74) is 1.52. The quantitative estimate of drug-likeness (QED) is 0.880. The highest BCUT2D eigenvalue weighted by atomic mass is 19.1. The van der Waals surface area contributed by atoms with Crippen LogP contribution < -0.4 is 5.32 Å². The minimum Gasteiger partial charge on any atom is -0.306 e. The van der Waals surface area contributed by atoms with Gasteiger partial charge in [0.2, 0.25) is 0 Å². The van der Waals surface area contributed by atoms with Crippen LogP contribution in [0.1, 0.15) is 35.2 Å². The molecule has 0 aliphatic heterocycles. The fraction of sp³-hybridized carbons (Fsp3) is 0.294. The van der Waals surface area contributed by atoms with E-state index in [-0.39, 0.29) is 16.9 Å². The Morgan fingerprint density at radius 2 is 1.57 bits per heavy atom. The molecule has 0 radical (unpaired) electrons. The van der Waals surface area contributed by atoms with Gasteiger partial charge in [-0.05, 0) is 55.3 Å². The van der Waals surface area contributed by atoms with Crippen molar-refractivity contribution in [3.63, 3.8) is 0 Å². The van der Waals surface area contributed by atoms with Gasteiger partial charge in [0.25, 0.3) is 0 Å². The average Bonchev–Trinajstić information content (AvgIpc) is 2.44. The van der Waals surface area contributed by atoms with Gasteiger partial charge in [-0.2, -0.15) is 0 Å². The summed E-state index contributed by atoms with van der Waals surface area (Å²) in [7, 11) is 0. The second-order valence-corrected chi connectivity index (χ2v) is 5.12. The number of benzene rings is 2. The Morgan fingerprint density at radius 3 is 2.19 bits per heavy atom. The topological polar surface area (TPSA) is 12.0 Å². The van der Waals surface area contributed by atoms with Crippen LogP contribution in [0.5, 0.6) is 0 Å². The molecule has 0 fully saturated rings. The van der Waals surface area contributed by atoms with Crippen LogP contribution in [0, 0.1) is 31.3 Å². The van der Waals surface area contributed by atoms with E-state index in [4.69, 9.17) is 0 Å². The third kappa shape index (κ3) is 3.27. The van der Waals surface area contributed by atoms with Gasteiger partial charge in [0.05, 0.1) is 6.04 Å². The van der Waals surface area contributed by atoms with Crippen LogP contribution in [0.25, 0.3) is 0 Å². The molecule has 2 aromatic rings. The molecule has 0 spiro atoms. The van der Waals surface area contributed by atoms with Gasteiger partial charge < -0.3 is 5.32 Å². The molecule has 1 atom stereocenters. The maximum atomic E-state index is 14.2. The fourth-order valence-corrected chi connectivity index (χ4v) is 2.28. The molecule has 0 amide bonds. The van der Waals surface area contributed by atoms with Crippen molar-refractivity contribution >= 4 is 0 Å². The second-order valence-electron chi connectivity index (χ2n) is 5.12. The predicted octanol–water partition coefficient (Wildman–Crippen LogP) is 4.42. The van der Waals surface area contributed by atoms with E-state index in [0.717, 1.165) is 0 Å². The first-order chi connectivity index (χ1) is 9.93. The molecule has 1 N–H and O–H groups in total. The largest absolute Gasteiger partial charge is 0.306 e. The minimum absolute atomic E-state index is 0.184. The Balaban J connectivity index is 2.52. The molecule has 0 saturated heterocycles. The summed E-state index contributed by atoms with van der Waals surface area (Å²) >= 11 is 0. The number of rotatable bonds is 4. The third-order valence-electron chi connectivity index (χ3n) is 3.53. The molecule has 0 aromatic heterocycles. The molecule has 0 heterocycles. The molecule has 2 aromatic carbocycles. The van der Waals surface area contributed by atoms with Gasteiger partial charge in [-0.3, -0.25) is 0 Å². The Morgan fingerprint density at radius 1 is 0.905 bits per heavy atom. The maximum Gasteiger partial charge on any atom is 0.128 e. The Hall–Kier alpha value is -1.81. The highest BCUT2D eigenvalue weighted by molar-refractivity contribution is 5.36. The van der Waals surface area contributed by atoms with Crippen LogP contribution in [0.4, 0.5) is 13.2 Å². The molecular formula is C17H18F3N. The second kappa shape index (κ2) is 6.31. The Labute approximate surface area is 122 Å². The monoisotopic (exact) mass is 293 g/mol. The zero-order chi connectivity index (χ0) is 15.6. The van der Waals surface area contributed by atoms with Crippen molar-refractivity contribution in [1.82, 2.24) is 5.32 Å². The van der Waals surface area contributed by atoms with E-state index in [1.54, 1.807) is 19.1 Å². The van der Waals surface area contributed by atoms with Gasteiger partial charge in [0.15, 0.2) is 0 Å². The van der Waals surface area contributed by atoms with Gasteiger partial charge in [0, 0.05) is 5.56 Å². The molecule has 0 aliphatic carbocycles. The SMILES string of the molecule is CCNC(c1ccc(C)c(F)c1)c1cc(F)c(C)cc1F. The smallest absolute Gasteiger partial charge is 0.128 e. The van der Waals surface area contributed by atoms with Crippen molar-refractivity contribution in [1.29, 1.82) is 0 Å². The lowest BCUT2D eigenvalue weighted by atomic mass is 9.96. The van der Waals surface area contributed by atoms with Gasteiger partial charge in [-0.1, -0.05) is 19.1 Å². The van der Waals surface area contributed by atoms with Crippen molar-refractivity contribution in [3.05, 3.63) is 70.0 Å².